The van der Waals surface area contributed by atoms with Crippen LogP contribution in [0.4, 0.5) is 10.1 Å². The van der Waals surface area contributed by atoms with Gasteiger partial charge >= 0.3 is 0 Å². The molecule has 0 saturated carbocycles. The highest BCUT2D eigenvalue weighted by molar-refractivity contribution is 8.13. The van der Waals surface area contributed by atoms with Gasteiger partial charge in [0.2, 0.25) is 5.88 Å². The second-order valence-electron chi connectivity index (χ2n) is 6.14. The molecule has 1 amide bonds. The fraction of sp³-hybridized carbons (Fsp3) is 0.333. The summed E-state index contributed by atoms with van der Waals surface area (Å²) in [6.07, 6.45) is 3.36. The van der Waals surface area contributed by atoms with E-state index in [0.717, 1.165) is 5.75 Å². The van der Waals surface area contributed by atoms with E-state index in [1.165, 1.54) is 36.3 Å². The van der Waals surface area contributed by atoms with Gasteiger partial charge in [0.15, 0.2) is 5.17 Å². The second kappa shape index (κ2) is 7.91. The van der Waals surface area contributed by atoms with E-state index >= 15 is 0 Å². The summed E-state index contributed by atoms with van der Waals surface area (Å²) in [6.45, 7) is 4.13. The van der Waals surface area contributed by atoms with Crippen LogP contribution in [-0.4, -0.2) is 33.4 Å². The molecule has 1 aromatic heterocycles. The molecule has 0 saturated heterocycles. The number of nitrogens with two attached hydrogens (primary N) is 1. The van der Waals surface area contributed by atoms with E-state index in [2.05, 4.69) is 20.3 Å². The van der Waals surface area contributed by atoms with Crippen LogP contribution in [0.5, 0.6) is 5.88 Å². The molecule has 1 atom stereocenters. The van der Waals surface area contributed by atoms with Gasteiger partial charge in [-0.25, -0.2) is 14.4 Å². The van der Waals surface area contributed by atoms with Gasteiger partial charge in [-0.05, 0) is 38.5 Å². The highest BCUT2D eigenvalue weighted by atomic mass is 32.2. The van der Waals surface area contributed by atoms with E-state index in [1.807, 2.05) is 13.8 Å². The van der Waals surface area contributed by atoms with Crippen LogP contribution in [0, 0.1) is 5.82 Å². The number of rotatable bonds is 5. The van der Waals surface area contributed by atoms with Gasteiger partial charge in [-0.3, -0.25) is 9.79 Å². The van der Waals surface area contributed by atoms with Crippen molar-refractivity contribution < 1.29 is 13.9 Å². The van der Waals surface area contributed by atoms with Crippen molar-refractivity contribution >= 4 is 28.5 Å². The Labute approximate surface area is 160 Å². The predicted octanol–water partition coefficient (Wildman–Crippen LogP) is 2.93. The number of aliphatic imine (C=N–C) groups is 1. The standard InChI is InChI=1S/C18H20FN5O2S/c1-3-26-15-10-21-14(9-22-15)16(25)23-11-4-5-13(19)12(8-11)18(2)6-7-27-17(20)24-18/h4-5,8-10H,3,6-7H2,1-2H3,(H2,20,24)(H,23,25)/t18-/m0/s1. The number of amides is 1. The number of nitrogens with zero attached hydrogens (tertiary/aromatic N) is 3. The van der Waals surface area contributed by atoms with Crippen LogP contribution in [0.15, 0.2) is 35.6 Å². The Balaban J connectivity index is 1.81. The van der Waals surface area contributed by atoms with Crippen molar-refractivity contribution in [2.75, 3.05) is 17.7 Å². The van der Waals surface area contributed by atoms with Crippen LogP contribution in [-0.2, 0) is 5.54 Å². The normalized spacial score (nSPS) is 19.3. The molecule has 3 rings (SSSR count). The molecule has 2 heterocycles. The average molecular weight is 389 g/mol. The Morgan fingerprint density at radius 2 is 2.22 bits per heavy atom. The summed E-state index contributed by atoms with van der Waals surface area (Å²) in [5, 5.41) is 3.14. The quantitative estimate of drug-likeness (QED) is 0.815. The summed E-state index contributed by atoms with van der Waals surface area (Å²) in [5.41, 5.74) is 6.02. The molecule has 2 aromatic rings. The Kier molecular flexibility index (Phi) is 5.59. The largest absolute Gasteiger partial charge is 0.477 e. The Morgan fingerprint density at radius 3 is 2.89 bits per heavy atom. The number of ether oxygens (including phenoxy) is 1. The molecule has 3 N–H and O–H groups in total. The number of aromatic nitrogens is 2. The highest BCUT2D eigenvalue weighted by Crippen LogP contribution is 2.37. The number of benzene rings is 1. The number of anilines is 1. The number of carbonyl (C=O) groups excluding carboxylic acids is 1. The van der Waals surface area contributed by atoms with Gasteiger partial charge < -0.3 is 15.8 Å². The number of halogens is 1. The monoisotopic (exact) mass is 389 g/mol. The third-order valence-electron chi connectivity index (χ3n) is 4.15. The first-order chi connectivity index (χ1) is 12.9. The van der Waals surface area contributed by atoms with Gasteiger partial charge in [-0.2, -0.15) is 0 Å². The van der Waals surface area contributed by atoms with Crippen LogP contribution in [0.3, 0.4) is 0 Å². The van der Waals surface area contributed by atoms with Crippen LogP contribution in [0.2, 0.25) is 0 Å². The summed E-state index contributed by atoms with van der Waals surface area (Å²) in [5.74, 6) is 0.260. The minimum atomic E-state index is -0.765. The molecule has 1 aliphatic heterocycles. The van der Waals surface area contributed by atoms with Crippen molar-refractivity contribution in [3.8, 4) is 5.88 Å². The first kappa shape index (κ1) is 19.1. The third-order valence-corrected chi connectivity index (χ3v) is 4.95. The van der Waals surface area contributed by atoms with Crippen LogP contribution in [0.1, 0.15) is 36.3 Å². The lowest BCUT2D eigenvalue weighted by molar-refractivity contribution is 0.102. The Bertz CT molecular complexity index is 875. The van der Waals surface area contributed by atoms with Gasteiger partial charge in [-0.1, -0.05) is 11.8 Å². The lowest BCUT2D eigenvalue weighted by Crippen LogP contribution is -2.29. The molecule has 0 bridgehead atoms. The first-order valence-electron chi connectivity index (χ1n) is 8.45. The first-order valence-corrected chi connectivity index (χ1v) is 9.44. The van der Waals surface area contributed by atoms with E-state index in [1.54, 1.807) is 6.07 Å². The van der Waals surface area contributed by atoms with Crippen molar-refractivity contribution in [3.63, 3.8) is 0 Å². The van der Waals surface area contributed by atoms with Crippen molar-refractivity contribution in [3.05, 3.63) is 47.7 Å². The third kappa shape index (κ3) is 4.36. The molecule has 142 valence electrons. The highest BCUT2D eigenvalue weighted by Gasteiger charge is 2.32. The summed E-state index contributed by atoms with van der Waals surface area (Å²) >= 11 is 1.45. The Morgan fingerprint density at radius 1 is 1.41 bits per heavy atom. The summed E-state index contributed by atoms with van der Waals surface area (Å²) in [7, 11) is 0. The van der Waals surface area contributed by atoms with Crippen molar-refractivity contribution in [2.24, 2.45) is 10.7 Å². The van der Waals surface area contributed by atoms with E-state index in [0.29, 0.717) is 35.3 Å². The number of amidine groups is 1. The van der Waals surface area contributed by atoms with Gasteiger partial charge in [0.1, 0.15) is 11.5 Å². The topological polar surface area (TPSA) is 102 Å². The molecule has 1 aliphatic rings. The van der Waals surface area contributed by atoms with E-state index in [9.17, 15) is 9.18 Å². The maximum Gasteiger partial charge on any atom is 0.275 e. The molecule has 27 heavy (non-hydrogen) atoms. The minimum Gasteiger partial charge on any atom is -0.477 e. The molecule has 0 spiro atoms. The second-order valence-corrected chi connectivity index (χ2v) is 7.26. The van der Waals surface area contributed by atoms with Crippen molar-refractivity contribution in [1.29, 1.82) is 0 Å². The van der Waals surface area contributed by atoms with E-state index in [-0.39, 0.29) is 11.5 Å². The van der Waals surface area contributed by atoms with Gasteiger partial charge in [0.05, 0.1) is 24.5 Å². The molecule has 1 aromatic carbocycles. The zero-order valence-electron chi connectivity index (χ0n) is 15.0. The predicted molar refractivity (Wildman–Crippen MR) is 104 cm³/mol. The molecule has 0 unspecified atom stereocenters. The minimum absolute atomic E-state index is 0.131. The molecule has 0 fully saturated rings. The fourth-order valence-electron chi connectivity index (χ4n) is 2.75. The Hall–Kier alpha value is -2.68. The zero-order chi connectivity index (χ0) is 19.4. The van der Waals surface area contributed by atoms with Gasteiger partial charge in [0, 0.05) is 17.0 Å². The van der Waals surface area contributed by atoms with Crippen LogP contribution in [0.25, 0.3) is 0 Å². The van der Waals surface area contributed by atoms with Gasteiger partial charge in [-0.15, -0.1) is 0 Å². The number of thioether (sulfide) groups is 1. The van der Waals surface area contributed by atoms with Crippen molar-refractivity contribution in [2.45, 2.75) is 25.8 Å². The molecular formula is C18H20FN5O2S. The summed E-state index contributed by atoms with van der Waals surface area (Å²) in [6, 6.07) is 4.39. The smallest absolute Gasteiger partial charge is 0.275 e. The average Bonchev–Trinajstić information content (AvgIpc) is 2.64. The van der Waals surface area contributed by atoms with Crippen LogP contribution >= 0.6 is 11.8 Å². The summed E-state index contributed by atoms with van der Waals surface area (Å²) < 4.78 is 19.6. The van der Waals surface area contributed by atoms with E-state index < -0.39 is 11.4 Å². The molecular weight excluding hydrogens is 369 g/mol. The SMILES string of the molecule is CCOc1cnc(C(=O)Nc2ccc(F)c([C@]3(C)CCSC(N)=N3)c2)cn1. The van der Waals surface area contributed by atoms with Gasteiger partial charge in [0.25, 0.3) is 5.91 Å². The number of carbonyl (C=O) groups is 1. The number of hydrogen-bond acceptors (Lipinski definition) is 7. The lowest BCUT2D eigenvalue weighted by Gasteiger charge is -2.30. The molecule has 7 nitrogen and oxygen atoms in total. The maximum atomic E-state index is 14.4. The van der Waals surface area contributed by atoms with Crippen LogP contribution < -0.4 is 15.8 Å². The lowest BCUT2D eigenvalue weighted by atomic mass is 9.89. The maximum absolute atomic E-state index is 14.4. The van der Waals surface area contributed by atoms with Crippen molar-refractivity contribution in [1.82, 2.24) is 9.97 Å². The van der Waals surface area contributed by atoms with E-state index in [4.69, 9.17) is 10.5 Å². The molecule has 0 aliphatic carbocycles. The molecule has 0 radical (unpaired) electrons. The summed E-state index contributed by atoms with van der Waals surface area (Å²) in [4.78, 5) is 24.9. The fourth-order valence-corrected chi connectivity index (χ4v) is 3.72. The number of hydrogen-bond donors (Lipinski definition) is 2. The molecule has 9 heteroatoms. The zero-order valence-corrected chi connectivity index (χ0v) is 15.8. The number of nitrogens with one attached hydrogen (secondary N) is 1.